The summed E-state index contributed by atoms with van der Waals surface area (Å²) < 4.78 is 12.6. The van der Waals surface area contributed by atoms with Gasteiger partial charge in [-0.3, -0.25) is 0 Å². The standard InChI is InChI=1S/C22H18ClNO2/c23-16-10-11-21-18(12-16)20(24-17-7-2-1-3-8-17)13-22(26-21)19-9-5-4-6-15(19)14-25-22/h1-12,20,24H,13-14H2/t20-,22+/m1/s1. The molecule has 2 aliphatic rings. The summed E-state index contributed by atoms with van der Waals surface area (Å²) in [5.41, 5.74) is 4.41. The lowest BCUT2D eigenvalue weighted by molar-refractivity contribution is -0.196. The zero-order valence-corrected chi connectivity index (χ0v) is 14.9. The van der Waals surface area contributed by atoms with E-state index in [2.05, 4.69) is 29.6 Å². The summed E-state index contributed by atoms with van der Waals surface area (Å²) in [7, 11) is 0. The molecule has 0 unspecified atom stereocenters. The first-order valence-corrected chi connectivity index (χ1v) is 9.14. The molecule has 4 heteroatoms. The molecule has 0 aliphatic carbocycles. The van der Waals surface area contributed by atoms with Crippen LogP contribution >= 0.6 is 11.6 Å². The fourth-order valence-electron chi connectivity index (χ4n) is 3.89. The Morgan fingerprint density at radius 2 is 1.77 bits per heavy atom. The molecule has 0 saturated heterocycles. The summed E-state index contributed by atoms with van der Waals surface area (Å²) in [6.45, 7) is 0.567. The molecule has 5 rings (SSSR count). The monoisotopic (exact) mass is 363 g/mol. The van der Waals surface area contributed by atoms with E-state index >= 15 is 0 Å². The van der Waals surface area contributed by atoms with E-state index in [0.717, 1.165) is 22.6 Å². The van der Waals surface area contributed by atoms with E-state index < -0.39 is 5.79 Å². The maximum Gasteiger partial charge on any atom is 0.240 e. The molecule has 0 radical (unpaired) electrons. The molecule has 0 fully saturated rings. The molecule has 2 aliphatic heterocycles. The Bertz CT molecular complexity index is 959. The number of ether oxygens (including phenoxy) is 2. The zero-order chi connectivity index (χ0) is 17.6. The molecular weight excluding hydrogens is 346 g/mol. The van der Waals surface area contributed by atoms with Crippen LogP contribution in [0.25, 0.3) is 0 Å². The molecule has 2 atom stereocenters. The Morgan fingerprint density at radius 3 is 2.65 bits per heavy atom. The van der Waals surface area contributed by atoms with Crippen molar-refractivity contribution in [1.82, 2.24) is 0 Å². The van der Waals surface area contributed by atoms with Gasteiger partial charge in [-0.25, -0.2) is 0 Å². The number of hydrogen-bond donors (Lipinski definition) is 1. The number of hydrogen-bond acceptors (Lipinski definition) is 3. The second-order valence-corrected chi connectivity index (χ2v) is 7.19. The lowest BCUT2D eigenvalue weighted by Crippen LogP contribution is -2.40. The molecule has 1 spiro atoms. The fraction of sp³-hybridized carbons (Fsp3) is 0.182. The van der Waals surface area contributed by atoms with Crippen LogP contribution < -0.4 is 10.1 Å². The van der Waals surface area contributed by atoms with Gasteiger partial charge in [0, 0.05) is 28.3 Å². The molecule has 130 valence electrons. The average molecular weight is 364 g/mol. The minimum Gasteiger partial charge on any atom is -0.458 e. The van der Waals surface area contributed by atoms with E-state index in [1.165, 1.54) is 5.56 Å². The molecule has 3 nitrogen and oxygen atoms in total. The highest BCUT2D eigenvalue weighted by Crippen LogP contribution is 2.50. The molecule has 3 aromatic rings. The molecule has 0 saturated carbocycles. The molecule has 0 amide bonds. The average Bonchev–Trinajstić information content (AvgIpc) is 3.02. The predicted octanol–water partition coefficient (Wildman–Crippen LogP) is 5.66. The summed E-state index contributed by atoms with van der Waals surface area (Å²) in [5.74, 6) is 0.0509. The van der Waals surface area contributed by atoms with Crippen molar-refractivity contribution in [3.05, 3.63) is 94.5 Å². The van der Waals surface area contributed by atoms with Gasteiger partial charge in [0.15, 0.2) is 0 Å². The predicted molar refractivity (Wildman–Crippen MR) is 102 cm³/mol. The highest BCUT2D eigenvalue weighted by molar-refractivity contribution is 6.30. The summed E-state index contributed by atoms with van der Waals surface area (Å²) in [5, 5.41) is 4.33. The van der Waals surface area contributed by atoms with Gasteiger partial charge in [0.05, 0.1) is 12.6 Å². The quantitative estimate of drug-likeness (QED) is 0.637. The summed E-state index contributed by atoms with van der Waals surface area (Å²) in [4.78, 5) is 0. The van der Waals surface area contributed by atoms with Crippen LogP contribution in [0.5, 0.6) is 5.75 Å². The Hall–Kier alpha value is -2.49. The molecular formula is C22H18ClNO2. The molecule has 1 N–H and O–H groups in total. The van der Waals surface area contributed by atoms with Crippen LogP contribution in [0.2, 0.25) is 5.02 Å². The number of fused-ring (bicyclic) bond motifs is 3. The number of para-hydroxylation sites is 1. The van der Waals surface area contributed by atoms with Crippen LogP contribution in [0, 0.1) is 0 Å². The van der Waals surface area contributed by atoms with Crippen molar-refractivity contribution in [2.45, 2.75) is 24.9 Å². The normalized spacial score (nSPS) is 23.2. The van der Waals surface area contributed by atoms with Crippen molar-refractivity contribution in [2.24, 2.45) is 0 Å². The first kappa shape index (κ1) is 15.7. The Morgan fingerprint density at radius 1 is 0.962 bits per heavy atom. The Labute approximate surface area is 157 Å². The first-order chi connectivity index (χ1) is 12.7. The highest BCUT2D eigenvalue weighted by atomic mass is 35.5. The van der Waals surface area contributed by atoms with E-state index in [1.54, 1.807) is 0 Å². The van der Waals surface area contributed by atoms with Gasteiger partial charge < -0.3 is 14.8 Å². The van der Waals surface area contributed by atoms with Crippen LogP contribution in [0.15, 0.2) is 72.8 Å². The number of benzene rings is 3. The molecule has 26 heavy (non-hydrogen) atoms. The Kier molecular flexibility index (Phi) is 3.66. The summed E-state index contributed by atoms with van der Waals surface area (Å²) in [6.07, 6.45) is 0.673. The third-order valence-corrected chi connectivity index (χ3v) is 5.33. The second-order valence-electron chi connectivity index (χ2n) is 6.75. The van der Waals surface area contributed by atoms with E-state index in [4.69, 9.17) is 21.1 Å². The smallest absolute Gasteiger partial charge is 0.240 e. The van der Waals surface area contributed by atoms with Gasteiger partial charge >= 0.3 is 0 Å². The molecule has 3 aromatic carbocycles. The van der Waals surface area contributed by atoms with E-state index in [0.29, 0.717) is 18.1 Å². The Balaban J connectivity index is 1.59. The maximum absolute atomic E-state index is 6.41. The third-order valence-electron chi connectivity index (χ3n) is 5.10. The minimum absolute atomic E-state index is 0.0333. The van der Waals surface area contributed by atoms with Gasteiger partial charge in [-0.1, -0.05) is 54.1 Å². The van der Waals surface area contributed by atoms with Crippen molar-refractivity contribution < 1.29 is 9.47 Å². The molecule has 0 aromatic heterocycles. The highest BCUT2D eigenvalue weighted by Gasteiger charge is 2.48. The van der Waals surface area contributed by atoms with Gasteiger partial charge in [0.2, 0.25) is 5.79 Å². The SMILES string of the molecule is Clc1ccc2c(c1)[C@H](Nc1ccccc1)C[C@]1(OCc3ccccc31)O2. The fourth-order valence-corrected chi connectivity index (χ4v) is 4.07. The zero-order valence-electron chi connectivity index (χ0n) is 14.1. The topological polar surface area (TPSA) is 30.5 Å². The van der Waals surface area contributed by atoms with Gasteiger partial charge in [0.25, 0.3) is 0 Å². The van der Waals surface area contributed by atoms with Crippen LogP contribution in [-0.4, -0.2) is 0 Å². The van der Waals surface area contributed by atoms with Gasteiger partial charge in [-0.2, -0.15) is 0 Å². The van der Waals surface area contributed by atoms with Gasteiger partial charge in [0.1, 0.15) is 5.75 Å². The van der Waals surface area contributed by atoms with Crippen molar-refractivity contribution in [2.75, 3.05) is 5.32 Å². The first-order valence-electron chi connectivity index (χ1n) is 8.76. The lowest BCUT2D eigenvalue weighted by Gasteiger charge is -2.40. The van der Waals surface area contributed by atoms with Crippen LogP contribution in [-0.2, 0) is 17.1 Å². The molecule has 2 heterocycles. The van der Waals surface area contributed by atoms with Crippen molar-refractivity contribution in [3.63, 3.8) is 0 Å². The van der Waals surface area contributed by atoms with E-state index in [9.17, 15) is 0 Å². The summed E-state index contributed by atoms with van der Waals surface area (Å²) >= 11 is 6.26. The van der Waals surface area contributed by atoms with Crippen LogP contribution in [0.1, 0.15) is 29.2 Å². The van der Waals surface area contributed by atoms with Crippen molar-refractivity contribution >= 4 is 17.3 Å². The van der Waals surface area contributed by atoms with Gasteiger partial charge in [-0.15, -0.1) is 0 Å². The van der Waals surface area contributed by atoms with Crippen molar-refractivity contribution in [3.8, 4) is 5.75 Å². The number of rotatable bonds is 2. The van der Waals surface area contributed by atoms with E-state index in [-0.39, 0.29) is 6.04 Å². The number of nitrogens with one attached hydrogen (secondary N) is 1. The number of halogens is 1. The number of anilines is 1. The largest absolute Gasteiger partial charge is 0.458 e. The lowest BCUT2D eigenvalue weighted by atomic mass is 9.89. The van der Waals surface area contributed by atoms with E-state index in [1.807, 2.05) is 48.5 Å². The molecule has 0 bridgehead atoms. The minimum atomic E-state index is -0.760. The summed E-state index contributed by atoms with van der Waals surface area (Å²) in [6, 6.07) is 24.3. The van der Waals surface area contributed by atoms with Crippen molar-refractivity contribution in [1.29, 1.82) is 0 Å². The third kappa shape index (κ3) is 2.56. The van der Waals surface area contributed by atoms with Crippen LogP contribution in [0.4, 0.5) is 5.69 Å². The van der Waals surface area contributed by atoms with Crippen LogP contribution in [0.3, 0.4) is 0 Å². The van der Waals surface area contributed by atoms with Gasteiger partial charge in [-0.05, 0) is 35.9 Å². The maximum atomic E-state index is 6.41. The second kappa shape index (κ2) is 6.04.